The molecule has 1 N–H and O–H groups in total. The van der Waals surface area contributed by atoms with Crippen molar-refractivity contribution in [3.8, 4) is 0 Å². The molecule has 90 valence electrons. The first kappa shape index (κ1) is 10.6. The molecule has 0 bridgehead atoms. The molecule has 1 aromatic rings. The number of hydrogen-bond donors (Lipinski definition) is 1. The molecule has 0 saturated heterocycles. The van der Waals surface area contributed by atoms with Gasteiger partial charge in [-0.3, -0.25) is 0 Å². The average molecular weight is 230 g/mol. The Morgan fingerprint density at radius 1 is 1.41 bits per heavy atom. The molecule has 3 heteroatoms. The second-order valence-corrected chi connectivity index (χ2v) is 5.06. The maximum absolute atomic E-state index is 5.07. The van der Waals surface area contributed by atoms with E-state index in [1.165, 1.54) is 29.5 Å². The van der Waals surface area contributed by atoms with Crippen molar-refractivity contribution < 1.29 is 4.84 Å². The molecule has 0 amide bonds. The minimum Gasteiger partial charge on any atom is -0.392 e. The lowest BCUT2D eigenvalue weighted by atomic mass is 9.97. The Morgan fingerprint density at radius 3 is 2.94 bits per heavy atom. The van der Waals surface area contributed by atoms with E-state index < -0.39 is 0 Å². The molecule has 1 unspecified atom stereocenters. The van der Waals surface area contributed by atoms with Crippen LogP contribution in [0.2, 0.25) is 0 Å². The quantitative estimate of drug-likeness (QED) is 0.864. The van der Waals surface area contributed by atoms with Gasteiger partial charge in [-0.25, -0.2) is 0 Å². The smallest absolute Gasteiger partial charge is 0.137 e. The van der Waals surface area contributed by atoms with Crippen LogP contribution in [0.5, 0.6) is 0 Å². The molecule has 2 aliphatic rings. The molecule has 1 heterocycles. The first-order valence-corrected chi connectivity index (χ1v) is 6.32. The number of benzene rings is 1. The Hall–Kier alpha value is -1.51. The normalized spacial score (nSPS) is 23.0. The van der Waals surface area contributed by atoms with E-state index in [0.717, 1.165) is 12.3 Å². The van der Waals surface area contributed by atoms with E-state index in [2.05, 4.69) is 35.6 Å². The van der Waals surface area contributed by atoms with Crippen molar-refractivity contribution in [2.45, 2.75) is 38.1 Å². The highest BCUT2D eigenvalue weighted by molar-refractivity contribution is 5.54. The summed E-state index contributed by atoms with van der Waals surface area (Å²) in [5, 5.41) is 6.93. The van der Waals surface area contributed by atoms with Crippen LogP contribution in [-0.2, 0) is 11.3 Å². The lowest BCUT2D eigenvalue weighted by Crippen LogP contribution is -2.37. The third-order valence-electron chi connectivity index (χ3n) is 3.59. The van der Waals surface area contributed by atoms with Gasteiger partial charge in [0.05, 0.1) is 6.04 Å². The van der Waals surface area contributed by atoms with Crippen molar-refractivity contribution in [1.29, 1.82) is 0 Å². The first-order valence-electron chi connectivity index (χ1n) is 6.32. The predicted molar refractivity (Wildman–Crippen MR) is 68.2 cm³/mol. The summed E-state index contributed by atoms with van der Waals surface area (Å²) in [4.78, 5) is 5.07. The third kappa shape index (κ3) is 2.43. The summed E-state index contributed by atoms with van der Waals surface area (Å²) in [6, 6.07) is 7.26. The van der Waals surface area contributed by atoms with Crippen molar-refractivity contribution in [3.05, 3.63) is 34.9 Å². The summed E-state index contributed by atoms with van der Waals surface area (Å²) in [6.07, 6.45) is 5.38. The number of oxime groups is 1. The molecule has 0 aromatic heterocycles. The summed E-state index contributed by atoms with van der Waals surface area (Å²) < 4.78 is 0. The van der Waals surface area contributed by atoms with Crippen LogP contribution in [0.25, 0.3) is 0 Å². The largest absolute Gasteiger partial charge is 0.392 e. The second-order valence-electron chi connectivity index (χ2n) is 5.06. The highest BCUT2D eigenvalue weighted by Crippen LogP contribution is 2.40. The van der Waals surface area contributed by atoms with E-state index in [9.17, 15) is 0 Å². The number of nitrogens with zero attached hydrogens (tertiary/aromatic N) is 1. The molecule has 3 rings (SSSR count). The van der Waals surface area contributed by atoms with Crippen LogP contribution in [0.4, 0.5) is 0 Å². The summed E-state index contributed by atoms with van der Waals surface area (Å²) in [5.74, 6) is 0.839. The van der Waals surface area contributed by atoms with Gasteiger partial charge in [0, 0.05) is 0 Å². The Bertz CT molecular complexity index is 438. The van der Waals surface area contributed by atoms with Gasteiger partial charge in [0.25, 0.3) is 0 Å². The lowest BCUT2D eigenvalue weighted by molar-refractivity contribution is 0.112. The number of aryl methyl sites for hydroxylation is 1. The van der Waals surface area contributed by atoms with E-state index in [1.807, 2.05) is 0 Å². The van der Waals surface area contributed by atoms with Crippen molar-refractivity contribution in [2.24, 2.45) is 5.16 Å². The molecule has 1 aliphatic carbocycles. The minimum atomic E-state index is 0.345. The zero-order valence-corrected chi connectivity index (χ0v) is 10.1. The van der Waals surface area contributed by atoms with Crippen molar-refractivity contribution in [2.75, 3.05) is 6.61 Å². The molecule has 1 aromatic carbocycles. The van der Waals surface area contributed by atoms with Gasteiger partial charge in [0.15, 0.2) is 0 Å². The number of rotatable bonds is 3. The monoisotopic (exact) mass is 230 g/mol. The van der Waals surface area contributed by atoms with Crippen LogP contribution in [0.3, 0.4) is 0 Å². The average Bonchev–Trinajstić information content (AvgIpc) is 3.17. The van der Waals surface area contributed by atoms with Crippen molar-refractivity contribution in [3.63, 3.8) is 0 Å². The third-order valence-corrected chi connectivity index (χ3v) is 3.59. The van der Waals surface area contributed by atoms with Crippen LogP contribution < -0.4 is 5.32 Å². The molecule has 1 atom stereocenters. The van der Waals surface area contributed by atoms with Gasteiger partial charge in [0.1, 0.15) is 12.9 Å². The number of hydrogen-bond acceptors (Lipinski definition) is 3. The van der Waals surface area contributed by atoms with Crippen molar-refractivity contribution >= 4 is 6.34 Å². The zero-order chi connectivity index (χ0) is 11.7. The van der Waals surface area contributed by atoms with Gasteiger partial charge < -0.3 is 10.2 Å². The lowest BCUT2D eigenvalue weighted by Gasteiger charge is -2.20. The van der Waals surface area contributed by atoms with E-state index in [4.69, 9.17) is 4.84 Å². The number of nitrogens with one attached hydrogen (secondary N) is 1. The molecular weight excluding hydrogens is 212 g/mol. The summed E-state index contributed by atoms with van der Waals surface area (Å²) in [7, 11) is 0. The highest BCUT2D eigenvalue weighted by Gasteiger charge is 2.23. The van der Waals surface area contributed by atoms with E-state index >= 15 is 0 Å². The van der Waals surface area contributed by atoms with Crippen LogP contribution in [-0.4, -0.2) is 19.0 Å². The summed E-state index contributed by atoms with van der Waals surface area (Å²) in [5.41, 5.74) is 4.32. The van der Waals surface area contributed by atoms with Gasteiger partial charge in [0.2, 0.25) is 0 Å². The maximum atomic E-state index is 5.07. The molecule has 0 radical (unpaired) electrons. The molecule has 1 aliphatic heterocycles. The van der Waals surface area contributed by atoms with Gasteiger partial charge in [-0.15, -0.1) is 0 Å². The molecule has 1 saturated carbocycles. The summed E-state index contributed by atoms with van der Waals surface area (Å²) in [6.45, 7) is 2.86. The Morgan fingerprint density at radius 2 is 2.29 bits per heavy atom. The molecular formula is C14H18N2O. The SMILES string of the molecule is Cc1cc(C2CC2)ccc1CC1CON=CN1. The highest BCUT2D eigenvalue weighted by atomic mass is 16.6. The summed E-state index contributed by atoms with van der Waals surface area (Å²) >= 11 is 0. The Labute approximate surface area is 102 Å². The predicted octanol–water partition coefficient (Wildman–Crippen LogP) is 2.35. The molecule has 0 spiro atoms. The van der Waals surface area contributed by atoms with Gasteiger partial charge in [-0.05, 0) is 48.8 Å². The van der Waals surface area contributed by atoms with Crippen LogP contribution >= 0.6 is 0 Å². The van der Waals surface area contributed by atoms with Crippen molar-refractivity contribution in [1.82, 2.24) is 5.32 Å². The van der Waals surface area contributed by atoms with E-state index in [1.54, 1.807) is 6.34 Å². The topological polar surface area (TPSA) is 33.6 Å². The fourth-order valence-electron chi connectivity index (χ4n) is 2.36. The molecule has 17 heavy (non-hydrogen) atoms. The fraction of sp³-hybridized carbons (Fsp3) is 0.500. The van der Waals surface area contributed by atoms with E-state index in [-0.39, 0.29) is 0 Å². The van der Waals surface area contributed by atoms with Gasteiger partial charge in [-0.1, -0.05) is 23.4 Å². The second kappa shape index (κ2) is 4.40. The zero-order valence-electron chi connectivity index (χ0n) is 10.1. The first-order chi connectivity index (χ1) is 8.33. The minimum absolute atomic E-state index is 0.345. The standard InChI is InChI=1S/C14H18N2O/c1-10-6-13(11-2-3-11)5-4-12(10)7-14-8-17-16-9-15-14/h4-6,9,11,14H,2-3,7-8H2,1H3,(H,15,16). The Balaban J connectivity index is 1.71. The fourth-order valence-corrected chi connectivity index (χ4v) is 2.36. The van der Waals surface area contributed by atoms with E-state index in [0.29, 0.717) is 12.6 Å². The van der Waals surface area contributed by atoms with Crippen LogP contribution in [0, 0.1) is 6.92 Å². The van der Waals surface area contributed by atoms with Crippen LogP contribution in [0.1, 0.15) is 35.4 Å². The van der Waals surface area contributed by atoms with Gasteiger partial charge >= 0.3 is 0 Å². The maximum Gasteiger partial charge on any atom is 0.137 e. The molecule has 1 fully saturated rings. The Kier molecular flexibility index (Phi) is 2.75. The van der Waals surface area contributed by atoms with Gasteiger partial charge in [-0.2, -0.15) is 0 Å². The van der Waals surface area contributed by atoms with Crippen LogP contribution in [0.15, 0.2) is 23.4 Å². The molecule has 3 nitrogen and oxygen atoms in total.